The van der Waals surface area contributed by atoms with Crippen LogP contribution in [0.4, 0.5) is 4.79 Å². The molecule has 1 saturated heterocycles. The molecule has 0 radical (unpaired) electrons. The first-order chi connectivity index (χ1) is 5.27. The lowest BCUT2D eigenvalue weighted by Gasteiger charge is -2.23. The van der Waals surface area contributed by atoms with Crippen LogP contribution >= 0.6 is 0 Å². The van der Waals surface area contributed by atoms with E-state index in [0.717, 1.165) is 0 Å². The molecule has 2 unspecified atom stereocenters. The highest BCUT2D eigenvalue weighted by Gasteiger charge is 2.36. The van der Waals surface area contributed by atoms with Crippen LogP contribution in [0.2, 0.25) is 0 Å². The molecule has 6 nitrogen and oxygen atoms in total. The summed E-state index contributed by atoms with van der Waals surface area (Å²) in [6.07, 6.45) is 1.05. The van der Waals surface area contributed by atoms with Crippen molar-refractivity contribution in [3.05, 3.63) is 0 Å². The van der Waals surface area contributed by atoms with Crippen molar-refractivity contribution in [3.63, 3.8) is 0 Å². The molecule has 0 aromatic heterocycles. The standard InChI is InChI=1S/C5H6N4O2/c10-4-2-3(7-1-6-2)8-5(11)9-4/h1-3H,(H,6,7)(H2,8,9,10,11). The molecule has 3 amide bonds. The maximum atomic E-state index is 11.0. The van der Waals surface area contributed by atoms with Gasteiger partial charge in [0.15, 0.2) is 6.04 Å². The van der Waals surface area contributed by atoms with Gasteiger partial charge in [-0.2, -0.15) is 0 Å². The molecule has 11 heavy (non-hydrogen) atoms. The van der Waals surface area contributed by atoms with Gasteiger partial charge in [0.2, 0.25) is 0 Å². The average Bonchev–Trinajstić information content (AvgIpc) is 2.34. The minimum Gasteiger partial charge on any atom is -0.354 e. The number of fused-ring (bicyclic) bond motifs is 1. The largest absolute Gasteiger partial charge is 0.354 e. The number of nitrogens with zero attached hydrogens (tertiary/aromatic N) is 1. The Labute approximate surface area is 62.1 Å². The first-order valence-corrected chi connectivity index (χ1v) is 3.16. The van der Waals surface area contributed by atoms with Gasteiger partial charge in [-0.05, 0) is 0 Å². The van der Waals surface area contributed by atoms with E-state index in [1.165, 1.54) is 6.34 Å². The van der Waals surface area contributed by atoms with Crippen molar-refractivity contribution in [2.75, 3.05) is 0 Å². The van der Waals surface area contributed by atoms with E-state index in [2.05, 4.69) is 20.9 Å². The van der Waals surface area contributed by atoms with Crippen molar-refractivity contribution in [2.24, 2.45) is 4.99 Å². The van der Waals surface area contributed by atoms with Gasteiger partial charge in [-0.15, -0.1) is 0 Å². The van der Waals surface area contributed by atoms with E-state index < -0.39 is 12.1 Å². The van der Waals surface area contributed by atoms with E-state index in [1.54, 1.807) is 0 Å². The average molecular weight is 154 g/mol. The van der Waals surface area contributed by atoms with Gasteiger partial charge in [-0.25, -0.2) is 4.79 Å². The van der Waals surface area contributed by atoms with Crippen LogP contribution in [0.1, 0.15) is 0 Å². The fraction of sp³-hybridized carbons (Fsp3) is 0.400. The van der Waals surface area contributed by atoms with Crippen LogP contribution in [-0.2, 0) is 4.79 Å². The van der Waals surface area contributed by atoms with Crippen molar-refractivity contribution >= 4 is 18.3 Å². The Morgan fingerprint density at radius 3 is 3.09 bits per heavy atom. The third-order valence-corrected chi connectivity index (χ3v) is 1.60. The normalized spacial score (nSPS) is 33.8. The van der Waals surface area contributed by atoms with Gasteiger partial charge in [0.1, 0.15) is 6.17 Å². The number of carbonyl (C=O) groups is 2. The molecule has 2 rings (SSSR count). The van der Waals surface area contributed by atoms with Gasteiger partial charge in [-0.3, -0.25) is 15.1 Å². The molecule has 2 aliphatic rings. The van der Waals surface area contributed by atoms with Crippen molar-refractivity contribution < 1.29 is 9.59 Å². The fourth-order valence-corrected chi connectivity index (χ4v) is 1.08. The van der Waals surface area contributed by atoms with Gasteiger partial charge in [0, 0.05) is 0 Å². The molecule has 0 bridgehead atoms. The summed E-state index contributed by atoms with van der Waals surface area (Å²) in [6.45, 7) is 0. The Hall–Kier alpha value is -1.59. The number of rotatable bonds is 0. The molecule has 2 heterocycles. The van der Waals surface area contributed by atoms with E-state index in [4.69, 9.17) is 0 Å². The summed E-state index contributed by atoms with van der Waals surface area (Å²) in [7, 11) is 0. The zero-order valence-electron chi connectivity index (χ0n) is 5.50. The zero-order valence-corrected chi connectivity index (χ0v) is 5.50. The van der Waals surface area contributed by atoms with Crippen molar-refractivity contribution in [1.82, 2.24) is 16.0 Å². The highest BCUT2D eigenvalue weighted by atomic mass is 16.2. The van der Waals surface area contributed by atoms with Gasteiger partial charge in [-0.1, -0.05) is 0 Å². The van der Waals surface area contributed by atoms with Crippen molar-refractivity contribution in [1.29, 1.82) is 0 Å². The Balaban J connectivity index is 2.21. The van der Waals surface area contributed by atoms with Crippen LogP contribution in [0, 0.1) is 0 Å². The molecular formula is C5H6N4O2. The predicted octanol–water partition coefficient (Wildman–Crippen LogP) is -1.85. The third kappa shape index (κ3) is 0.830. The number of amides is 3. The molecule has 0 saturated carbocycles. The van der Waals surface area contributed by atoms with Gasteiger partial charge in [0.05, 0.1) is 6.34 Å². The van der Waals surface area contributed by atoms with Crippen molar-refractivity contribution in [2.45, 2.75) is 12.2 Å². The van der Waals surface area contributed by atoms with E-state index in [0.29, 0.717) is 0 Å². The lowest BCUT2D eigenvalue weighted by Crippen LogP contribution is -2.62. The smallest absolute Gasteiger partial charge is 0.323 e. The summed E-state index contributed by atoms with van der Waals surface area (Å²) in [4.78, 5) is 25.4. The predicted molar refractivity (Wildman–Crippen MR) is 35.9 cm³/mol. The summed E-state index contributed by atoms with van der Waals surface area (Å²) in [5, 5.41) is 7.34. The first-order valence-electron chi connectivity index (χ1n) is 3.16. The second-order valence-electron chi connectivity index (χ2n) is 2.33. The van der Waals surface area contributed by atoms with Crippen molar-refractivity contribution in [3.8, 4) is 0 Å². The number of hydrogen-bond donors (Lipinski definition) is 3. The molecule has 2 atom stereocenters. The Bertz CT molecular complexity index is 249. The lowest BCUT2D eigenvalue weighted by atomic mass is 10.2. The molecule has 58 valence electrons. The molecule has 0 aliphatic carbocycles. The molecule has 2 aliphatic heterocycles. The minimum absolute atomic E-state index is 0.361. The van der Waals surface area contributed by atoms with Gasteiger partial charge < -0.3 is 10.6 Å². The molecule has 0 aromatic carbocycles. The Morgan fingerprint density at radius 1 is 1.45 bits per heavy atom. The Morgan fingerprint density at radius 2 is 2.27 bits per heavy atom. The SMILES string of the molecule is O=C1NC(=O)C2N=CNC2N1. The first kappa shape index (κ1) is 6.14. The molecule has 1 fully saturated rings. The maximum absolute atomic E-state index is 11.0. The fourth-order valence-electron chi connectivity index (χ4n) is 1.08. The highest BCUT2D eigenvalue weighted by Crippen LogP contribution is 2.04. The topological polar surface area (TPSA) is 82.6 Å². The number of imide groups is 1. The highest BCUT2D eigenvalue weighted by molar-refractivity contribution is 6.01. The molecular weight excluding hydrogens is 148 g/mol. The minimum atomic E-state index is -0.507. The van der Waals surface area contributed by atoms with Crippen LogP contribution in [0.3, 0.4) is 0 Å². The number of carbonyl (C=O) groups excluding carboxylic acids is 2. The summed E-state index contributed by atoms with van der Waals surface area (Å²) in [6, 6.07) is -0.984. The van der Waals surface area contributed by atoms with Gasteiger partial charge >= 0.3 is 6.03 Å². The monoisotopic (exact) mass is 154 g/mol. The van der Waals surface area contributed by atoms with E-state index >= 15 is 0 Å². The zero-order chi connectivity index (χ0) is 7.84. The number of urea groups is 1. The van der Waals surface area contributed by atoms with Crippen LogP contribution in [0.15, 0.2) is 4.99 Å². The third-order valence-electron chi connectivity index (χ3n) is 1.60. The van der Waals surface area contributed by atoms with Crippen LogP contribution in [0.25, 0.3) is 0 Å². The second-order valence-corrected chi connectivity index (χ2v) is 2.33. The van der Waals surface area contributed by atoms with E-state index in [-0.39, 0.29) is 12.1 Å². The number of hydrogen-bond acceptors (Lipinski definition) is 4. The quantitative estimate of drug-likeness (QED) is 0.383. The van der Waals surface area contributed by atoms with E-state index in [1.807, 2.05) is 0 Å². The lowest BCUT2D eigenvalue weighted by molar-refractivity contribution is -0.122. The summed E-state index contributed by atoms with van der Waals surface area (Å²) >= 11 is 0. The van der Waals surface area contributed by atoms with Gasteiger partial charge in [0.25, 0.3) is 5.91 Å². The number of nitrogens with one attached hydrogen (secondary N) is 3. The van der Waals surface area contributed by atoms with Crippen LogP contribution < -0.4 is 16.0 Å². The maximum Gasteiger partial charge on any atom is 0.323 e. The molecule has 3 N–H and O–H groups in total. The molecule has 6 heteroatoms. The molecule has 0 aromatic rings. The number of aliphatic imine (C=N–C) groups is 1. The Kier molecular flexibility index (Phi) is 1.09. The van der Waals surface area contributed by atoms with E-state index in [9.17, 15) is 9.59 Å². The summed E-state index contributed by atoms with van der Waals surface area (Å²) in [5.74, 6) is -0.361. The second kappa shape index (κ2) is 1.94. The van der Waals surface area contributed by atoms with Crippen LogP contribution in [0.5, 0.6) is 0 Å². The summed E-state index contributed by atoms with van der Waals surface area (Å²) in [5.41, 5.74) is 0. The molecule has 0 spiro atoms. The van der Waals surface area contributed by atoms with Crippen LogP contribution in [-0.4, -0.2) is 30.5 Å². The summed E-state index contributed by atoms with van der Waals surface area (Å²) < 4.78 is 0.